The number of halogens is 4. The second-order valence-electron chi connectivity index (χ2n) is 15.1. The first-order valence-corrected chi connectivity index (χ1v) is 18.9. The summed E-state index contributed by atoms with van der Waals surface area (Å²) in [4.78, 5) is 57.2. The third-order valence-electron chi connectivity index (χ3n) is 12.0. The van der Waals surface area contributed by atoms with Gasteiger partial charge in [0.15, 0.2) is 0 Å². The fourth-order valence-corrected chi connectivity index (χ4v) is 9.44. The number of pyridine rings is 1. The Morgan fingerprint density at radius 1 is 0.962 bits per heavy atom. The standard InChI is InChI=1S/C38H43ClF3N7O4/c39-29-19-23(18-28(35(29)51)38(40,41)42)17-25(36(52)48-15-13-46(14-16-48)32-22-45-9-5-24(32)6-10-45)20-33(50)47-11-7-26(8-12-47)49-31-21-43-30-4-2-1-3-27(30)34(31)44-37(49)53/h1-4,18-19,21,24-26,32,51H,5-17,20,22H2,(H,44,53)/t25-,32?/m0/s1. The molecule has 4 aromatic rings. The van der Waals surface area contributed by atoms with E-state index in [4.69, 9.17) is 11.6 Å². The first-order valence-electron chi connectivity index (χ1n) is 18.5. The highest BCUT2D eigenvalue weighted by Crippen LogP contribution is 2.41. The monoisotopic (exact) mass is 753 g/mol. The molecule has 9 rings (SSSR count). The SMILES string of the molecule is O=C(C[C@H](Cc1cc(Cl)c(O)c(C(F)(F)F)c1)C(=O)N1CCN(C2CN3CCC2CC3)CC1)N1CCC(n2c(=O)[nH]c3c4ccccc4ncc32)CC1. The van der Waals surface area contributed by atoms with E-state index < -0.39 is 28.4 Å². The molecular weight excluding hydrogens is 711 g/mol. The molecule has 5 fully saturated rings. The van der Waals surface area contributed by atoms with Crippen molar-refractivity contribution >= 4 is 45.4 Å². The zero-order chi connectivity index (χ0) is 37.0. The Morgan fingerprint density at radius 2 is 1.68 bits per heavy atom. The highest BCUT2D eigenvalue weighted by atomic mass is 35.5. The number of rotatable bonds is 7. The topological polar surface area (TPSA) is 118 Å². The molecule has 0 radical (unpaired) electrons. The van der Waals surface area contributed by atoms with Crippen LogP contribution in [-0.4, -0.2) is 116 Å². The summed E-state index contributed by atoms with van der Waals surface area (Å²) >= 11 is 6.05. The smallest absolute Gasteiger partial charge is 0.420 e. The molecular formula is C38H43ClF3N7O4. The number of nitrogens with one attached hydrogen (secondary N) is 1. The number of phenols is 1. The van der Waals surface area contributed by atoms with Crippen LogP contribution < -0.4 is 5.69 Å². The number of likely N-dealkylation sites (tertiary alicyclic amines) is 1. The lowest BCUT2D eigenvalue weighted by Crippen LogP contribution is -2.61. The molecule has 2 N–H and O–H groups in total. The van der Waals surface area contributed by atoms with Crippen LogP contribution in [-0.2, 0) is 22.2 Å². The summed E-state index contributed by atoms with van der Waals surface area (Å²) < 4.78 is 43.2. The van der Waals surface area contributed by atoms with Crippen molar-refractivity contribution in [1.29, 1.82) is 0 Å². The number of amides is 2. The fourth-order valence-electron chi connectivity index (χ4n) is 9.20. The van der Waals surface area contributed by atoms with Gasteiger partial charge in [0.05, 0.1) is 39.3 Å². The number of alkyl halides is 3. The lowest BCUT2D eigenvalue weighted by molar-refractivity contribution is -0.143. The Balaban J connectivity index is 0.976. The summed E-state index contributed by atoms with van der Waals surface area (Å²) in [6.07, 6.45) is -0.102. The number of phenolic OH excluding ortho intramolecular Hbond substituents is 1. The van der Waals surface area contributed by atoms with Crippen molar-refractivity contribution in [3.8, 4) is 5.75 Å². The Bertz CT molecular complexity index is 2080. The number of fused-ring (bicyclic) bond motifs is 6. The van der Waals surface area contributed by atoms with E-state index in [0.29, 0.717) is 75.1 Å². The quantitative estimate of drug-likeness (QED) is 0.276. The van der Waals surface area contributed by atoms with Crippen LogP contribution in [0.5, 0.6) is 5.75 Å². The largest absolute Gasteiger partial charge is 0.506 e. The van der Waals surface area contributed by atoms with Gasteiger partial charge in [-0.3, -0.25) is 24.0 Å². The van der Waals surface area contributed by atoms with Gasteiger partial charge < -0.3 is 24.8 Å². The molecule has 282 valence electrons. The van der Waals surface area contributed by atoms with Gasteiger partial charge in [-0.05, 0) is 74.9 Å². The van der Waals surface area contributed by atoms with Gasteiger partial charge in [0, 0.05) is 69.7 Å². The van der Waals surface area contributed by atoms with E-state index in [2.05, 4.69) is 19.8 Å². The fraction of sp³-hybridized carbons (Fsp3) is 0.526. The van der Waals surface area contributed by atoms with Crippen molar-refractivity contribution in [2.45, 2.75) is 56.8 Å². The molecule has 11 nitrogen and oxygen atoms in total. The van der Waals surface area contributed by atoms with Crippen LogP contribution in [0.2, 0.25) is 5.02 Å². The third kappa shape index (κ3) is 7.01. The molecule has 5 saturated heterocycles. The van der Waals surface area contributed by atoms with Crippen molar-refractivity contribution in [1.82, 2.24) is 34.1 Å². The van der Waals surface area contributed by atoms with Crippen molar-refractivity contribution in [2.75, 3.05) is 58.9 Å². The number of carbonyl (C=O) groups is 2. The maximum Gasteiger partial charge on any atom is 0.420 e. The van der Waals surface area contributed by atoms with Crippen LogP contribution in [0.1, 0.15) is 49.3 Å². The molecule has 5 aliphatic rings. The van der Waals surface area contributed by atoms with Crippen LogP contribution >= 0.6 is 11.6 Å². The number of imidazole rings is 1. The van der Waals surface area contributed by atoms with Gasteiger partial charge in [0.1, 0.15) is 5.75 Å². The van der Waals surface area contributed by atoms with E-state index >= 15 is 0 Å². The number of aromatic nitrogens is 3. The minimum Gasteiger partial charge on any atom is -0.506 e. The molecule has 2 amide bonds. The summed E-state index contributed by atoms with van der Waals surface area (Å²) in [7, 11) is 0. The van der Waals surface area contributed by atoms with Gasteiger partial charge >= 0.3 is 11.9 Å². The van der Waals surface area contributed by atoms with Crippen molar-refractivity contribution in [2.24, 2.45) is 11.8 Å². The zero-order valence-electron chi connectivity index (χ0n) is 29.3. The number of H-pyrrole nitrogens is 1. The second-order valence-corrected chi connectivity index (χ2v) is 15.5. The molecule has 5 aliphatic heterocycles. The molecule has 2 atom stereocenters. The van der Waals surface area contributed by atoms with Crippen molar-refractivity contribution in [3.63, 3.8) is 0 Å². The molecule has 7 heterocycles. The summed E-state index contributed by atoms with van der Waals surface area (Å²) in [5.74, 6) is -1.88. The van der Waals surface area contributed by atoms with Crippen LogP contribution in [0.4, 0.5) is 13.2 Å². The summed E-state index contributed by atoms with van der Waals surface area (Å²) in [5.41, 5.74) is 0.792. The number of aromatic amines is 1. The van der Waals surface area contributed by atoms with Crippen molar-refractivity contribution in [3.05, 3.63) is 69.2 Å². The third-order valence-corrected chi connectivity index (χ3v) is 12.3. The number of nitrogens with zero attached hydrogens (tertiary/aromatic N) is 6. The Kier molecular flexibility index (Phi) is 9.65. The van der Waals surface area contributed by atoms with Gasteiger partial charge in [-0.15, -0.1) is 0 Å². The number of hydrogen-bond acceptors (Lipinski definition) is 7. The van der Waals surface area contributed by atoms with E-state index in [1.165, 1.54) is 18.9 Å². The highest BCUT2D eigenvalue weighted by Gasteiger charge is 2.40. The zero-order valence-corrected chi connectivity index (χ0v) is 30.1. The predicted molar refractivity (Wildman–Crippen MR) is 194 cm³/mol. The van der Waals surface area contributed by atoms with Crippen LogP contribution in [0, 0.1) is 11.8 Å². The minimum atomic E-state index is -4.86. The summed E-state index contributed by atoms with van der Waals surface area (Å²) in [6, 6.07) is 9.94. The van der Waals surface area contributed by atoms with Crippen LogP contribution in [0.25, 0.3) is 21.9 Å². The maximum absolute atomic E-state index is 14.2. The Hall–Kier alpha value is -4.14. The molecule has 1 unspecified atom stereocenters. The number of aromatic hydroxyl groups is 1. The number of carbonyl (C=O) groups excluding carboxylic acids is 2. The highest BCUT2D eigenvalue weighted by molar-refractivity contribution is 6.32. The molecule has 0 spiro atoms. The molecule has 15 heteroatoms. The molecule has 2 aromatic carbocycles. The molecule has 2 bridgehead atoms. The minimum absolute atomic E-state index is 0.121. The van der Waals surface area contributed by atoms with E-state index in [1.807, 2.05) is 24.3 Å². The van der Waals surface area contributed by atoms with E-state index in [9.17, 15) is 32.7 Å². The number of hydrogen-bond donors (Lipinski definition) is 2. The first kappa shape index (κ1) is 35.9. The Labute approximate surface area is 309 Å². The normalized spacial score (nSPS) is 23.6. The first-order chi connectivity index (χ1) is 25.4. The Morgan fingerprint density at radius 3 is 2.36 bits per heavy atom. The molecule has 2 aromatic heterocycles. The average Bonchev–Trinajstić information content (AvgIpc) is 3.51. The van der Waals surface area contributed by atoms with Crippen molar-refractivity contribution < 1.29 is 27.9 Å². The van der Waals surface area contributed by atoms with E-state index in [-0.39, 0.29) is 42.0 Å². The maximum atomic E-state index is 14.2. The van der Waals surface area contributed by atoms with Gasteiger partial charge in [-0.2, -0.15) is 13.2 Å². The predicted octanol–water partition coefficient (Wildman–Crippen LogP) is 4.91. The van der Waals surface area contributed by atoms with Gasteiger partial charge in [-0.25, -0.2) is 4.79 Å². The number of piperidine rings is 4. The summed E-state index contributed by atoms with van der Waals surface area (Å²) in [5, 5.41) is 10.5. The number of benzene rings is 2. The average molecular weight is 754 g/mol. The molecule has 0 aliphatic carbocycles. The molecule has 0 saturated carbocycles. The van der Waals surface area contributed by atoms with Crippen LogP contribution in [0.3, 0.4) is 0 Å². The lowest BCUT2D eigenvalue weighted by atomic mass is 9.83. The lowest BCUT2D eigenvalue weighted by Gasteiger charge is -2.51. The van der Waals surface area contributed by atoms with E-state index in [0.717, 1.165) is 36.6 Å². The molecule has 53 heavy (non-hydrogen) atoms. The number of para-hydroxylation sites is 1. The summed E-state index contributed by atoms with van der Waals surface area (Å²) in [6.45, 7) is 6.39. The van der Waals surface area contributed by atoms with E-state index in [1.54, 1.807) is 20.6 Å². The number of piperazine rings is 1. The second kappa shape index (κ2) is 14.3. The van der Waals surface area contributed by atoms with Gasteiger partial charge in [0.2, 0.25) is 11.8 Å². The van der Waals surface area contributed by atoms with Crippen LogP contribution in [0.15, 0.2) is 47.4 Å². The van der Waals surface area contributed by atoms with Gasteiger partial charge in [-0.1, -0.05) is 29.8 Å². The van der Waals surface area contributed by atoms with Gasteiger partial charge in [0.25, 0.3) is 0 Å².